The summed E-state index contributed by atoms with van der Waals surface area (Å²) < 4.78 is 0. The topological polar surface area (TPSA) is 32.3 Å². The van der Waals surface area contributed by atoms with Gasteiger partial charge in [-0.2, -0.15) is 0 Å². The Morgan fingerprint density at radius 2 is 2.23 bits per heavy atom. The highest BCUT2D eigenvalue weighted by atomic mass is 16.2. The van der Waals surface area contributed by atoms with Crippen molar-refractivity contribution >= 4 is 5.91 Å². The minimum atomic E-state index is 0.192. The number of nitrogens with one attached hydrogen (secondary N) is 1. The van der Waals surface area contributed by atoms with Crippen LogP contribution in [0.15, 0.2) is 11.6 Å². The summed E-state index contributed by atoms with van der Waals surface area (Å²) in [5.41, 5.74) is 0.926. The summed E-state index contributed by atoms with van der Waals surface area (Å²) in [5, 5.41) is 3.20. The zero-order valence-electron chi connectivity index (χ0n) is 8.47. The number of nitrogens with zero attached hydrogens (tertiary/aromatic N) is 1. The lowest BCUT2D eigenvalue weighted by molar-refractivity contribution is -0.126. The van der Waals surface area contributed by atoms with Gasteiger partial charge in [-0.1, -0.05) is 6.08 Å². The van der Waals surface area contributed by atoms with Crippen molar-refractivity contribution in [3.05, 3.63) is 11.6 Å². The lowest BCUT2D eigenvalue weighted by Crippen LogP contribution is -2.36. The van der Waals surface area contributed by atoms with E-state index in [1.165, 1.54) is 0 Å². The standard InChI is InChI=1S/C10H18N2O/c1-3-12(4-2)10(13)9-6-5-7-11-8-9/h6,11H,3-5,7-8H2,1-2H3. The molecule has 1 aliphatic heterocycles. The fourth-order valence-electron chi connectivity index (χ4n) is 1.52. The first-order valence-corrected chi connectivity index (χ1v) is 4.98. The van der Waals surface area contributed by atoms with Crippen LogP contribution in [0.1, 0.15) is 20.3 Å². The molecule has 1 rings (SSSR count). The van der Waals surface area contributed by atoms with E-state index in [0.717, 1.165) is 38.2 Å². The van der Waals surface area contributed by atoms with E-state index >= 15 is 0 Å². The van der Waals surface area contributed by atoms with Crippen molar-refractivity contribution in [1.29, 1.82) is 0 Å². The number of hydrogen-bond donors (Lipinski definition) is 1. The second kappa shape index (κ2) is 5.02. The molecule has 0 saturated heterocycles. The van der Waals surface area contributed by atoms with Gasteiger partial charge in [-0.25, -0.2) is 0 Å². The molecule has 3 nitrogen and oxygen atoms in total. The van der Waals surface area contributed by atoms with Crippen molar-refractivity contribution in [2.45, 2.75) is 20.3 Å². The molecule has 74 valence electrons. The van der Waals surface area contributed by atoms with Gasteiger partial charge in [0.1, 0.15) is 0 Å². The summed E-state index contributed by atoms with van der Waals surface area (Å²) in [6, 6.07) is 0. The Balaban J connectivity index is 2.59. The molecular weight excluding hydrogens is 164 g/mol. The Morgan fingerprint density at radius 1 is 1.54 bits per heavy atom. The molecule has 0 aromatic carbocycles. The second-order valence-electron chi connectivity index (χ2n) is 3.17. The molecule has 0 aromatic rings. The Labute approximate surface area is 79.8 Å². The summed E-state index contributed by atoms with van der Waals surface area (Å²) in [6.45, 7) is 7.35. The third-order valence-electron chi connectivity index (χ3n) is 2.35. The van der Waals surface area contributed by atoms with Crippen molar-refractivity contribution in [1.82, 2.24) is 10.2 Å². The Kier molecular flexibility index (Phi) is 3.96. The van der Waals surface area contributed by atoms with E-state index in [4.69, 9.17) is 0 Å². The van der Waals surface area contributed by atoms with Crippen LogP contribution in [0, 0.1) is 0 Å². The maximum absolute atomic E-state index is 11.8. The third-order valence-corrected chi connectivity index (χ3v) is 2.35. The minimum Gasteiger partial charge on any atom is -0.339 e. The molecule has 1 aliphatic rings. The van der Waals surface area contributed by atoms with E-state index in [2.05, 4.69) is 11.4 Å². The zero-order valence-corrected chi connectivity index (χ0v) is 8.47. The van der Waals surface area contributed by atoms with Crippen LogP contribution >= 0.6 is 0 Å². The Hall–Kier alpha value is -0.830. The first-order chi connectivity index (χ1) is 6.29. The van der Waals surface area contributed by atoms with Gasteiger partial charge in [-0.3, -0.25) is 4.79 Å². The maximum atomic E-state index is 11.8. The molecule has 0 saturated carbocycles. The number of likely N-dealkylation sites (N-methyl/N-ethyl adjacent to an activating group) is 1. The van der Waals surface area contributed by atoms with E-state index in [1.807, 2.05) is 18.7 Å². The van der Waals surface area contributed by atoms with Crippen LogP contribution in [0.3, 0.4) is 0 Å². The van der Waals surface area contributed by atoms with Gasteiger partial charge in [0.2, 0.25) is 0 Å². The van der Waals surface area contributed by atoms with Crippen LogP contribution in [-0.2, 0) is 4.79 Å². The first-order valence-electron chi connectivity index (χ1n) is 4.98. The largest absolute Gasteiger partial charge is 0.339 e. The summed E-state index contributed by atoms with van der Waals surface area (Å²) in [5.74, 6) is 0.192. The van der Waals surface area contributed by atoms with E-state index in [1.54, 1.807) is 0 Å². The predicted octanol–water partition coefficient (Wildman–Crippen LogP) is 0.774. The highest BCUT2D eigenvalue weighted by Gasteiger charge is 2.16. The lowest BCUT2D eigenvalue weighted by atomic mass is 10.1. The number of amides is 1. The molecule has 0 atom stereocenters. The molecule has 0 aliphatic carbocycles. The molecule has 0 spiro atoms. The van der Waals surface area contributed by atoms with Gasteiger partial charge in [-0.15, -0.1) is 0 Å². The van der Waals surface area contributed by atoms with E-state index in [0.29, 0.717) is 0 Å². The van der Waals surface area contributed by atoms with Gasteiger partial charge >= 0.3 is 0 Å². The van der Waals surface area contributed by atoms with Crippen molar-refractivity contribution in [3.8, 4) is 0 Å². The molecule has 13 heavy (non-hydrogen) atoms. The quantitative estimate of drug-likeness (QED) is 0.699. The van der Waals surface area contributed by atoms with E-state index in [9.17, 15) is 4.79 Å². The van der Waals surface area contributed by atoms with Gasteiger partial charge in [0.25, 0.3) is 5.91 Å². The highest BCUT2D eigenvalue weighted by molar-refractivity contribution is 5.93. The van der Waals surface area contributed by atoms with Crippen molar-refractivity contribution < 1.29 is 4.79 Å². The van der Waals surface area contributed by atoms with Crippen LogP contribution in [0.25, 0.3) is 0 Å². The van der Waals surface area contributed by atoms with Crippen LogP contribution in [0.2, 0.25) is 0 Å². The SMILES string of the molecule is CCN(CC)C(=O)C1=CCCNC1. The average molecular weight is 182 g/mol. The minimum absolute atomic E-state index is 0.192. The smallest absolute Gasteiger partial charge is 0.250 e. The van der Waals surface area contributed by atoms with Gasteiger partial charge < -0.3 is 10.2 Å². The molecule has 0 bridgehead atoms. The summed E-state index contributed by atoms with van der Waals surface area (Å²) in [7, 11) is 0. The maximum Gasteiger partial charge on any atom is 0.250 e. The van der Waals surface area contributed by atoms with Crippen LogP contribution < -0.4 is 5.32 Å². The van der Waals surface area contributed by atoms with E-state index < -0.39 is 0 Å². The normalized spacial score (nSPS) is 16.6. The first kappa shape index (κ1) is 10.3. The molecular formula is C10H18N2O. The predicted molar refractivity (Wildman–Crippen MR) is 53.5 cm³/mol. The summed E-state index contributed by atoms with van der Waals surface area (Å²) >= 11 is 0. The molecule has 0 unspecified atom stereocenters. The van der Waals surface area contributed by atoms with Crippen LogP contribution in [-0.4, -0.2) is 37.0 Å². The Morgan fingerprint density at radius 3 is 2.69 bits per heavy atom. The van der Waals surface area contributed by atoms with Gasteiger partial charge in [0.15, 0.2) is 0 Å². The average Bonchev–Trinajstić information content (AvgIpc) is 2.21. The summed E-state index contributed by atoms with van der Waals surface area (Å²) in [4.78, 5) is 13.6. The monoisotopic (exact) mass is 182 g/mol. The number of hydrogen-bond acceptors (Lipinski definition) is 2. The summed E-state index contributed by atoms with van der Waals surface area (Å²) in [6.07, 6.45) is 3.03. The fourth-order valence-corrected chi connectivity index (χ4v) is 1.52. The molecule has 0 aromatic heterocycles. The second-order valence-corrected chi connectivity index (χ2v) is 3.17. The van der Waals surface area contributed by atoms with Crippen molar-refractivity contribution in [2.75, 3.05) is 26.2 Å². The number of carbonyl (C=O) groups excluding carboxylic acids is 1. The van der Waals surface area contributed by atoms with E-state index in [-0.39, 0.29) is 5.91 Å². The fraction of sp³-hybridized carbons (Fsp3) is 0.700. The molecule has 1 amide bonds. The van der Waals surface area contributed by atoms with Gasteiger partial charge in [0, 0.05) is 25.2 Å². The number of rotatable bonds is 3. The lowest BCUT2D eigenvalue weighted by Gasteiger charge is -2.22. The zero-order chi connectivity index (χ0) is 9.68. The molecule has 0 fully saturated rings. The molecule has 1 N–H and O–H groups in total. The molecule has 1 heterocycles. The van der Waals surface area contributed by atoms with Crippen LogP contribution in [0.5, 0.6) is 0 Å². The van der Waals surface area contributed by atoms with Gasteiger partial charge in [0.05, 0.1) is 0 Å². The molecule has 0 radical (unpaired) electrons. The third kappa shape index (κ3) is 2.56. The highest BCUT2D eigenvalue weighted by Crippen LogP contribution is 2.05. The van der Waals surface area contributed by atoms with Crippen LogP contribution in [0.4, 0.5) is 0 Å². The van der Waals surface area contributed by atoms with Gasteiger partial charge in [-0.05, 0) is 26.8 Å². The number of carbonyl (C=O) groups is 1. The van der Waals surface area contributed by atoms with Crippen molar-refractivity contribution in [3.63, 3.8) is 0 Å². The Bertz CT molecular complexity index is 207. The molecule has 3 heteroatoms. The van der Waals surface area contributed by atoms with Crippen molar-refractivity contribution in [2.24, 2.45) is 0 Å².